The lowest BCUT2D eigenvalue weighted by Gasteiger charge is -2.66. The van der Waals surface area contributed by atoms with Crippen LogP contribution in [0.15, 0.2) is 33.9 Å². The van der Waals surface area contributed by atoms with Crippen LogP contribution in [0.2, 0.25) is 0 Å². The fourth-order valence-corrected chi connectivity index (χ4v) is 7.68. The first-order valence-electron chi connectivity index (χ1n) is 13.3. The van der Waals surface area contributed by atoms with Crippen molar-refractivity contribution in [3.8, 4) is 0 Å². The van der Waals surface area contributed by atoms with Gasteiger partial charge < -0.3 is 9.42 Å². The van der Waals surface area contributed by atoms with E-state index in [4.69, 9.17) is 15.0 Å². The molecule has 7 aliphatic rings. The average molecular weight is 491 g/mol. The third-order valence-electron chi connectivity index (χ3n) is 9.94. The Balaban J connectivity index is 1.12. The SMILES string of the molecule is [N-]=[N+]=Nc1cccc(N(CC23CCC(c4nc(C5CC5)no4)(CC2)CC3)C(=O)CC23CC(F)(C2)C3)c1. The van der Waals surface area contributed by atoms with E-state index in [0.29, 0.717) is 43.8 Å². The highest BCUT2D eigenvalue weighted by atomic mass is 19.1. The zero-order chi connectivity index (χ0) is 24.6. The molecule has 7 aliphatic carbocycles. The lowest BCUT2D eigenvalue weighted by Crippen LogP contribution is -2.65. The normalized spacial score (nSPS) is 35.9. The number of halogens is 1. The number of hydrogen-bond acceptors (Lipinski definition) is 5. The van der Waals surface area contributed by atoms with Gasteiger partial charge in [0.15, 0.2) is 5.82 Å². The Morgan fingerprint density at radius 1 is 1.14 bits per heavy atom. The minimum Gasteiger partial charge on any atom is -0.339 e. The van der Waals surface area contributed by atoms with E-state index in [1.54, 1.807) is 12.1 Å². The van der Waals surface area contributed by atoms with Gasteiger partial charge in [-0.3, -0.25) is 4.79 Å². The summed E-state index contributed by atoms with van der Waals surface area (Å²) in [7, 11) is 0. The van der Waals surface area contributed by atoms with Gasteiger partial charge in [-0.05, 0) is 99.1 Å². The number of benzene rings is 1. The number of azide groups is 1. The Bertz CT molecular complexity index is 1230. The Kier molecular flexibility index (Phi) is 4.67. The first kappa shape index (κ1) is 22.3. The number of carbonyl (C=O) groups is 1. The highest BCUT2D eigenvalue weighted by Crippen LogP contribution is 2.71. The van der Waals surface area contributed by atoms with Crippen molar-refractivity contribution in [3.63, 3.8) is 0 Å². The van der Waals surface area contributed by atoms with E-state index in [0.717, 1.165) is 68.8 Å². The third-order valence-corrected chi connectivity index (χ3v) is 9.94. The summed E-state index contributed by atoms with van der Waals surface area (Å²) in [6, 6.07) is 7.28. The van der Waals surface area contributed by atoms with Crippen molar-refractivity contribution in [2.45, 2.75) is 94.1 Å². The van der Waals surface area contributed by atoms with Gasteiger partial charge in [-0.25, -0.2) is 4.39 Å². The van der Waals surface area contributed by atoms with E-state index in [-0.39, 0.29) is 22.2 Å². The van der Waals surface area contributed by atoms with Gasteiger partial charge in [0.05, 0.1) is 0 Å². The van der Waals surface area contributed by atoms with Crippen molar-refractivity contribution in [1.29, 1.82) is 0 Å². The molecule has 0 saturated heterocycles. The summed E-state index contributed by atoms with van der Waals surface area (Å²) < 4.78 is 19.9. The Labute approximate surface area is 209 Å². The summed E-state index contributed by atoms with van der Waals surface area (Å²) in [6.45, 7) is 0.635. The monoisotopic (exact) mass is 490 g/mol. The van der Waals surface area contributed by atoms with Crippen LogP contribution in [0.1, 0.15) is 94.7 Å². The molecule has 7 saturated carbocycles. The summed E-state index contributed by atoms with van der Waals surface area (Å²) in [4.78, 5) is 23.3. The molecule has 0 N–H and O–H groups in total. The van der Waals surface area contributed by atoms with Gasteiger partial charge >= 0.3 is 0 Å². The second kappa shape index (κ2) is 7.54. The van der Waals surface area contributed by atoms with Gasteiger partial charge in [-0.1, -0.05) is 22.4 Å². The van der Waals surface area contributed by atoms with Gasteiger partial charge in [0, 0.05) is 40.6 Å². The lowest BCUT2D eigenvalue weighted by atomic mass is 9.41. The number of nitrogens with zero attached hydrogens (tertiary/aromatic N) is 6. The Morgan fingerprint density at radius 3 is 2.50 bits per heavy atom. The Hall–Kier alpha value is -2.93. The second-order valence-corrected chi connectivity index (χ2v) is 12.6. The molecule has 8 nitrogen and oxygen atoms in total. The van der Waals surface area contributed by atoms with Gasteiger partial charge in [0.1, 0.15) is 5.67 Å². The van der Waals surface area contributed by atoms with Gasteiger partial charge in [-0.15, -0.1) is 0 Å². The van der Waals surface area contributed by atoms with E-state index in [1.807, 2.05) is 17.0 Å². The molecule has 188 valence electrons. The molecule has 4 bridgehead atoms. The summed E-state index contributed by atoms with van der Waals surface area (Å²) in [6.07, 6.45) is 10.2. The lowest BCUT2D eigenvalue weighted by molar-refractivity contribution is -0.215. The molecule has 0 aliphatic heterocycles. The molecule has 1 amide bonds. The quantitative estimate of drug-likeness (QED) is 0.230. The zero-order valence-electron chi connectivity index (χ0n) is 20.5. The van der Waals surface area contributed by atoms with Crippen molar-refractivity contribution in [1.82, 2.24) is 10.1 Å². The smallest absolute Gasteiger partial charge is 0.232 e. The molecule has 2 aromatic rings. The van der Waals surface area contributed by atoms with E-state index < -0.39 is 5.67 Å². The van der Waals surface area contributed by atoms with Crippen LogP contribution in [0.4, 0.5) is 15.8 Å². The molecule has 0 atom stereocenters. The topological polar surface area (TPSA) is 108 Å². The maximum absolute atomic E-state index is 14.2. The first-order chi connectivity index (χ1) is 17.3. The molecule has 9 rings (SSSR count). The fourth-order valence-electron chi connectivity index (χ4n) is 7.68. The van der Waals surface area contributed by atoms with Crippen LogP contribution in [-0.2, 0) is 10.2 Å². The number of rotatable bonds is 8. The standard InChI is InChI=1S/C27H31FN6O2/c28-27-14-25(15-27,16-27)13-21(35)34(20-3-1-2-19(12-20)31-33-29)17-24-6-9-26(10-7-24,11-8-24)23-30-22(32-36-23)18-4-5-18/h1-3,12,18H,4-11,13-17H2. The van der Waals surface area contributed by atoms with Crippen LogP contribution in [0, 0.1) is 10.8 Å². The van der Waals surface area contributed by atoms with E-state index >= 15 is 0 Å². The molecule has 36 heavy (non-hydrogen) atoms. The molecule has 1 aromatic heterocycles. The third kappa shape index (κ3) is 3.54. The molecule has 0 radical (unpaired) electrons. The van der Waals surface area contributed by atoms with Crippen LogP contribution in [0.25, 0.3) is 10.4 Å². The zero-order valence-corrected chi connectivity index (χ0v) is 20.5. The minimum absolute atomic E-state index is 0.0283. The average Bonchev–Trinajstić information content (AvgIpc) is 3.58. The van der Waals surface area contributed by atoms with E-state index in [1.165, 1.54) is 0 Å². The van der Waals surface area contributed by atoms with Crippen LogP contribution >= 0.6 is 0 Å². The number of alkyl halides is 1. The molecule has 9 heteroatoms. The van der Waals surface area contributed by atoms with E-state index in [2.05, 4.69) is 15.2 Å². The van der Waals surface area contributed by atoms with Crippen LogP contribution in [0.5, 0.6) is 0 Å². The molecule has 0 spiro atoms. The van der Waals surface area contributed by atoms with Gasteiger partial charge in [0.25, 0.3) is 0 Å². The van der Waals surface area contributed by atoms with Crippen molar-refractivity contribution < 1.29 is 13.7 Å². The molecule has 0 unspecified atom stereocenters. The minimum atomic E-state index is -1.02. The van der Waals surface area contributed by atoms with Gasteiger partial charge in [0.2, 0.25) is 11.8 Å². The maximum atomic E-state index is 14.2. The largest absolute Gasteiger partial charge is 0.339 e. The van der Waals surface area contributed by atoms with Gasteiger partial charge in [-0.2, -0.15) is 4.98 Å². The fraction of sp³-hybridized carbons (Fsp3) is 0.667. The maximum Gasteiger partial charge on any atom is 0.232 e. The predicted octanol–water partition coefficient (Wildman–Crippen LogP) is 6.80. The van der Waals surface area contributed by atoms with Crippen molar-refractivity contribution in [3.05, 3.63) is 46.4 Å². The van der Waals surface area contributed by atoms with Crippen molar-refractivity contribution in [2.24, 2.45) is 15.9 Å². The molecule has 1 heterocycles. The Morgan fingerprint density at radius 2 is 1.86 bits per heavy atom. The second-order valence-electron chi connectivity index (χ2n) is 12.6. The van der Waals surface area contributed by atoms with Crippen LogP contribution < -0.4 is 4.90 Å². The molecule has 1 aromatic carbocycles. The highest BCUT2D eigenvalue weighted by Gasteiger charge is 2.69. The van der Waals surface area contributed by atoms with Crippen molar-refractivity contribution in [2.75, 3.05) is 11.4 Å². The number of carbonyl (C=O) groups excluding carboxylic acids is 1. The predicted molar refractivity (Wildman–Crippen MR) is 130 cm³/mol. The molecular weight excluding hydrogens is 459 g/mol. The molecule has 7 fully saturated rings. The number of aromatic nitrogens is 2. The number of hydrogen-bond donors (Lipinski definition) is 0. The van der Waals surface area contributed by atoms with Crippen LogP contribution in [0.3, 0.4) is 0 Å². The van der Waals surface area contributed by atoms with E-state index in [9.17, 15) is 9.18 Å². The summed E-state index contributed by atoms with van der Waals surface area (Å²) in [5, 5.41) is 8.02. The highest BCUT2D eigenvalue weighted by molar-refractivity contribution is 5.94. The number of anilines is 1. The summed E-state index contributed by atoms with van der Waals surface area (Å²) in [5.74, 6) is 2.23. The number of amides is 1. The van der Waals surface area contributed by atoms with Crippen molar-refractivity contribution >= 4 is 17.3 Å². The van der Waals surface area contributed by atoms with Crippen LogP contribution in [-0.4, -0.2) is 28.3 Å². The number of fused-ring (bicyclic) bond motifs is 3. The first-order valence-corrected chi connectivity index (χ1v) is 13.3. The molecular formula is C27H31FN6O2. The summed E-state index contributed by atoms with van der Waals surface area (Å²) in [5.41, 5.74) is 8.99. The summed E-state index contributed by atoms with van der Waals surface area (Å²) >= 11 is 0.